The summed E-state index contributed by atoms with van der Waals surface area (Å²) in [6.45, 7) is 10.3. The smallest absolute Gasteiger partial charge is 0.263 e. The molecule has 0 aliphatic carbocycles. The number of amides is 2. The maximum atomic E-state index is 12.9. The van der Waals surface area contributed by atoms with Gasteiger partial charge in [-0.3, -0.25) is 9.59 Å². The number of piperazine rings is 1. The number of ether oxygens (including phenoxy) is 1. The number of hydrogen-bond donors (Lipinski definition) is 1. The highest BCUT2D eigenvalue weighted by Crippen LogP contribution is 2.28. The first-order valence-corrected chi connectivity index (χ1v) is 9.89. The summed E-state index contributed by atoms with van der Waals surface area (Å²) in [4.78, 5) is 29.3. The van der Waals surface area contributed by atoms with Crippen molar-refractivity contribution in [2.45, 2.75) is 46.6 Å². The summed E-state index contributed by atoms with van der Waals surface area (Å²) in [6, 6.07) is 7.67. The van der Waals surface area contributed by atoms with E-state index < -0.39 is 11.5 Å². The number of carbonyl (C=O) groups is 2. The normalized spacial score (nSPS) is 15.6. The van der Waals surface area contributed by atoms with Gasteiger partial charge >= 0.3 is 0 Å². The maximum Gasteiger partial charge on any atom is 0.263 e. The minimum absolute atomic E-state index is 0. The Morgan fingerprint density at radius 3 is 2.14 bits per heavy atom. The Kier molecular flexibility index (Phi) is 9.24. The summed E-state index contributed by atoms with van der Waals surface area (Å²) >= 11 is 0. The summed E-state index contributed by atoms with van der Waals surface area (Å²) in [5, 5.41) is 0. The Morgan fingerprint density at radius 2 is 1.64 bits per heavy atom. The van der Waals surface area contributed by atoms with Crippen molar-refractivity contribution in [3.8, 4) is 5.75 Å². The fraction of sp³-hybridized carbons (Fsp3) is 0.619. The van der Waals surface area contributed by atoms with Crippen molar-refractivity contribution in [2.75, 3.05) is 32.7 Å². The molecule has 0 bridgehead atoms. The lowest BCUT2D eigenvalue weighted by Crippen LogP contribution is -2.57. The number of nitrogens with two attached hydrogens (primary N) is 1. The molecular weight excluding hydrogens is 378 g/mol. The average Bonchev–Trinajstić information content (AvgIpc) is 2.71. The predicted octanol–water partition coefficient (Wildman–Crippen LogP) is 2.62. The number of aryl methyl sites for hydroxylation is 1. The quantitative estimate of drug-likeness (QED) is 0.748. The molecule has 158 valence electrons. The predicted molar refractivity (Wildman–Crippen MR) is 114 cm³/mol. The van der Waals surface area contributed by atoms with Crippen LogP contribution in [0.4, 0.5) is 0 Å². The molecule has 1 heterocycles. The number of hydrogen-bond acceptors (Lipinski definition) is 4. The molecule has 0 spiro atoms. The third-order valence-electron chi connectivity index (χ3n) is 5.82. The molecule has 1 fully saturated rings. The van der Waals surface area contributed by atoms with Gasteiger partial charge in [-0.25, -0.2) is 0 Å². The van der Waals surface area contributed by atoms with Crippen LogP contribution in [0.15, 0.2) is 24.3 Å². The Morgan fingerprint density at radius 1 is 1.11 bits per heavy atom. The zero-order valence-corrected chi connectivity index (χ0v) is 18.3. The number of rotatable bonds is 7. The van der Waals surface area contributed by atoms with Gasteiger partial charge in [-0.1, -0.05) is 32.0 Å². The van der Waals surface area contributed by atoms with Crippen LogP contribution >= 0.6 is 12.4 Å². The lowest BCUT2D eigenvalue weighted by molar-refractivity contribution is -0.149. The third-order valence-corrected chi connectivity index (χ3v) is 5.82. The Hall–Kier alpha value is -1.79. The van der Waals surface area contributed by atoms with Crippen molar-refractivity contribution in [3.63, 3.8) is 0 Å². The highest BCUT2D eigenvalue weighted by molar-refractivity contribution is 5.85. The Bertz CT molecular complexity index is 648. The van der Waals surface area contributed by atoms with Crippen molar-refractivity contribution in [2.24, 2.45) is 11.1 Å². The topological polar surface area (TPSA) is 75.9 Å². The first kappa shape index (κ1) is 24.2. The van der Waals surface area contributed by atoms with Gasteiger partial charge < -0.3 is 20.3 Å². The number of halogens is 1. The second-order valence-corrected chi connectivity index (χ2v) is 7.33. The van der Waals surface area contributed by atoms with Gasteiger partial charge in [0, 0.05) is 32.7 Å². The van der Waals surface area contributed by atoms with Crippen molar-refractivity contribution >= 4 is 24.2 Å². The molecule has 6 nitrogen and oxygen atoms in total. The van der Waals surface area contributed by atoms with E-state index >= 15 is 0 Å². The van der Waals surface area contributed by atoms with Crippen molar-refractivity contribution in [3.05, 3.63) is 29.8 Å². The van der Waals surface area contributed by atoms with E-state index in [1.807, 2.05) is 49.9 Å². The average molecular weight is 412 g/mol. The molecule has 1 aromatic rings. The van der Waals surface area contributed by atoms with Gasteiger partial charge in [-0.2, -0.15) is 0 Å². The van der Waals surface area contributed by atoms with Crippen LogP contribution in [0.2, 0.25) is 0 Å². The van der Waals surface area contributed by atoms with E-state index in [9.17, 15) is 9.59 Å². The first-order valence-electron chi connectivity index (χ1n) is 9.89. The van der Waals surface area contributed by atoms with Crippen LogP contribution in [0.1, 0.15) is 39.2 Å². The van der Waals surface area contributed by atoms with E-state index in [2.05, 4.69) is 0 Å². The van der Waals surface area contributed by atoms with E-state index in [0.717, 1.165) is 24.2 Å². The van der Waals surface area contributed by atoms with E-state index in [0.29, 0.717) is 32.7 Å². The summed E-state index contributed by atoms with van der Waals surface area (Å²) in [7, 11) is 0. The molecule has 1 atom stereocenters. The van der Waals surface area contributed by atoms with Gasteiger partial charge in [0.05, 0.1) is 5.41 Å². The maximum absolute atomic E-state index is 12.9. The van der Waals surface area contributed by atoms with Gasteiger partial charge in [-0.05, 0) is 38.3 Å². The molecule has 0 saturated carbocycles. The minimum atomic E-state index is -0.553. The molecule has 0 radical (unpaired) electrons. The highest BCUT2D eigenvalue weighted by atomic mass is 35.5. The van der Waals surface area contributed by atoms with Crippen LogP contribution in [0.3, 0.4) is 0 Å². The zero-order valence-electron chi connectivity index (χ0n) is 17.4. The van der Waals surface area contributed by atoms with E-state index in [4.69, 9.17) is 10.5 Å². The highest BCUT2D eigenvalue weighted by Gasteiger charge is 2.38. The molecule has 7 heteroatoms. The van der Waals surface area contributed by atoms with E-state index in [1.165, 1.54) is 0 Å². The van der Waals surface area contributed by atoms with Crippen LogP contribution in [0.5, 0.6) is 5.75 Å². The summed E-state index contributed by atoms with van der Waals surface area (Å²) in [6.07, 6.45) is 0.918. The molecule has 1 aliphatic heterocycles. The summed E-state index contributed by atoms with van der Waals surface area (Å²) in [5.74, 6) is 0.804. The van der Waals surface area contributed by atoms with Crippen molar-refractivity contribution in [1.82, 2.24) is 9.80 Å². The molecule has 1 aromatic carbocycles. The first-order chi connectivity index (χ1) is 12.9. The van der Waals surface area contributed by atoms with Gasteiger partial charge in [0.1, 0.15) is 5.75 Å². The SMILES string of the molecule is CCC(CC)(CN)C(=O)N1CCN(C(=O)C(C)Oc2ccccc2C)CC1.Cl. The number of benzene rings is 1. The molecule has 1 aliphatic rings. The van der Waals surface area contributed by atoms with Gasteiger partial charge in [-0.15, -0.1) is 12.4 Å². The molecule has 1 unspecified atom stereocenters. The van der Waals surface area contributed by atoms with Crippen LogP contribution in [-0.4, -0.2) is 60.4 Å². The van der Waals surface area contributed by atoms with Crippen LogP contribution < -0.4 is 10.5 Å². The van der Waals surface area contributed by atoms with E-state index in [1.54, 1.807) is 11.8 Å². The second-order valence-electron chi connectivity index (χ2n) is 7.33. The van der Waals surface area contributed by atoms with Crippen molar-refractivity contribution < 1.29 is 14.3 Å². The molecule has 1 saturated heterocycles. The zero-order chi connectivity index (χ0) is 20.0. The largest absolute Gasteiger partial charge is 0.481 e. The van der Waals surface area contributed by atoms with Crippen LogP contribution in [0.25, 0.3) is 0 Å². The molecular formula is C21H34ClN3O3. The monoisotopic (exact) mass is 411 g/mol. The fourth-order valence-corrected chi connectivity index (χ4v) is 3.58. The van der Waals surface area contributed by atoms with Crippen LogP contribution in [0, 0.1) is 12.3 Å². The molecule has 2 N–H and O–H groups in total. The molecule has 2 rings (SSSR count). The van der Waals surface area contributed by atoms with Gasteiger partial charge in [0.15, 0.2) is 6.10 Å². The molecule has 28 heavy (non-hydrogen) atoms. The van der Waals surface area contributed by atoms with Gasteiger partial charge in [0.25, 0.3) is 5.91 Å². The van der Waals surface area contributed by atoms with Crippen LogP contribution in [-0.2, 0) is 9.59 Å². The fourth-order valence-electron chi connectivity index (χ4n) is 3.58. The second kappa shape index (κ2) is 10.7. The van der Waals surface area contributed by atoms with E-state index in [-0.39, 0.29) is 24.2 Å². The lowest BCUT2D eigenvalue weighted by Gasteiger charge is -2.40. The molecule has 2 amide bonds. The number of nitrogens with zero attached hydrogens (tertiary/aromatic N) is 2. The third kappa shape index (κ3) is 5.17. The lowest BCUT2D eigenvalue weighted by atomic mass is 9.81. The Balaban J connectivity index is 0.00000392. The number of carbonyl (C=O) groups excluding carboxylic acids is 2. The minimum Gasteiger partial charge on any atom is -0.481 e. The van der Waals surface area contributed by atoms with Crippen molar-refractivity contribution in [1.29, 1.82) is 0 Å². The standard InChI is InChI=1S/C21H33N3O3.ClH/c1-5-21(6-2,15-22)20(26)24-13-11-23(12-14-24)19(25)17(4)27-18-10-8-7-9-16(18)3;/h7-10,17H,5-6,11-15,22H2,1-4H3;1H. The van der Waals surface area contributed by atoms with Gasteiger partial charge in [0.2, 0.25) is 5.91 Å². The Labute approximate surface area is 174 Å². The number of para-hydroxylation sites is 1. The summed E-state index contributed by atoms with van der Waals surface area (Å²) < 4.78 is 5.85. The summed E-state index contributed by atoms with van der Waals surface area (Å²) in [5.41, 5.74) is 6.43. The molecule has 0 aromatic heterocycles.